The van der Waals surface area contributed by atoms with Crippen LogP contribution in [0.15, 0.2) is 12.2 Å². The zero-order valence-corrected chi connectivity index (χ0v) is 6.82. The fourth-order valence-electron chi connectivity index (χ4n) is 1.80. The van der Waals surface area contributed by atoms with Gasteiger partial charge in [0.05, 0.1) is 11.8 Å². The molecule has 0 aromatic heterocycles. The first-order valence-corrected chi connectivity index (χ1v) is 4.12. The molecule has 0 spiro atoms. The molecular formula is C9H10O3. The molecule has 0 saturated carbocycles. The molecule has 1 aliphatic carbocycles. The smallest absolute Gasteiger partial charge is 0.321 e. The number of cyclic esters (lactones) is 2. The minimum Gasteiger partial charge on any atom is -0.392 e. The number of rotatable bonds is 0. The van der Waals surface area contributed by atoms with Gasteiger partial charge in [-0.2, -0.15) is 0 Å². The molecule has 0 aromatic rings. The van der Waals surface area contributed by atoms with Gasteiger partial charge in [-0.05, 0) is 12.3 Å². The normalized spacial score (nSPS) is 39.6. The van der Waals surface area contributed by atoms with Crippen LogP contribution in [0.2, 0.25) is 0 Å². The Kier molecular flexibility index (Phi) is 1.53. The van der Waals surface area contributed by atoms with Gasteiger partial charge in [0.25, 0.3) is 0 Å². The van der Waals surface area contributed by atoms with Gasteiger partial charge in [-0.15, -0.1) is 0 Å². The van der Waals surface area contributed by atoms with E-state index in [1.807, 2.05) is 13.0 Å². The van der Waals surface area contributed by atoms with E-state index < -0.39 is 0 Å². The van der Waals surface area contributed by atoms with Crippen LogP contribution in [-0.2, 0) is 14.3 Å². The molecule has 3 unspecified atom stereocenters. The molecule has 0 amide bonds. The number of allylic oxidation sites excluding steroid dienone is 1. The number of carbonyl (C=O) groups excluding carboxylic acids is 2. The van der Waals surface area contributed by atoms with Gasteiger partial charge in [-0.1, -0.05) is 19.1 Å². The van der Waals surface area contributed by atoms with E-state index in [0.717, 1.165) is 6.42 Å². The minimum atomic E-state index is -0.381. The van der Waals surface area contributed by atoms with Crippen LogP contribution in [0.25, 0.3) is 0 Å². The molecule has 0 aromatic carbocycles. The van der Waals surface area contributed by atoms with E-state index in [0.29, 0.717) is 5.92 Å². The van der Waals surface area contributed by atoms with Crippen molar-refractivity contribution in [1.82, 2.24) is 0 Å². The van der Waals surface area contributed by atoms with Crippen molar-refractivity contribution < 1.29 is 14.3 Å². The highest BCUT2D eigenvalue weighted by Crippen LogP contribution is 2.34. The maximum Gasteiger partial charge on any atom is 0.321 e. The zero-order chi connectivity index (χ0) is 8.72. The third kappa shape index (κ3) is 0.967. The fourth-order valence-corrected chi connectivity index (χ4v) is 1.80. The molecule has 12 heavy (non-hydrogen) atoms. The summed E-state index contributed by atoms with van der Waals surface area (Å²) in [5.41, 5.74) is 0. The molecule has 2 rings (SSSR count). The molecule has 3 atom stereocenters. The first-order valence-electron chi connectivity index (χ1n) is 4.12. The van der Waals surface area contributed by atoms with Crippen LogP contribution >= 0.6 is 0 Å². The summed E-state index contributed by atoms with van der Waals surface area (Å²) in [5.74, 6) is -0.856. The summed E-state index contributed by atoms with van der Waals surface area (Å²) in [6, 6.07) is 0. The maximum absolute atomic E-state index is 11.1. The Hall–Kier alpha value is -1.12. The fraction of sp³-hybridized carbons (Fsp3) is 0.556. The van der Waals surface area contributed by atoms with Gasteiger partial charge in [0.2, 0.25) is 0 Å². The summed E-state index contributed by atoms with van der Waals surface area (Å²) in [5, 5.41) is 0. The Morgan fingerprint density at radius 2 is 2.08 bits per heavy atom. The van der Waals surface area contributed by atoms with Crippen molar-refractivity contribution in [3.63, 3.8) is 0 Å². The molecule has 2 aliphatic rings. The molecular weight excluding hydrogens is 156 g/mol. The third-order valence-electron chi connectivity index (χ3n) is 2.48. The number of hydrogen-bond donors (Lipinski definition) is 0. The predicted octanol–water partition coefficient (Wildman–Crippen LogP) is 0.898. The summed E-state index contributed by atoms with van der Waals surface area (Å²) < 4.78 is 4.53. The zero-order valence-electron chi connectivity index (χ0n) is 6.82. The van der Waals surface area contributed by atoms with E-state index in [4.69, 9.17) is 0 Å². The third-order valence-corrected chi connectivity index (χ3v) is 2.48. The molecule has 0 radical (unpaired) electrons. The second kappa shape index (κ2) is 2.44. The van der Waals surface area contributed by atoms with E-state index in [2.05, 4.69) is 4.74 Å². The largest absolute Gasteiger partial charge is 0.392 e. The van der Waals surface area contributed by atoms with Crippen LogP contribution in [0.5, 0.6) is 0 Å². The predicted molar refractivity (Wildman–Crippen MR) is 41.0 cm³/mol. The molecule has 1 fully saturated rings. The average molecular weight is 166 g/mol. The highest BCUT2D eigenvalue weighted by Gasteiger charge is 2.44. The summed E-state index contributed by atoms with van der Waals surface area (Å²) in [7, 11) is 0. The van der Waals surface area contributed by atoms with Crippen molar-refractivity contribution in [2.24, 2.45) is 17.8 Å². The number of ether oxygens (including phenoxy) is 1. The molecule has 0 N–H and O–H groups in total. The van der Waals surface area contributed by atoms with E-state index in [9.17, 15) is 9.59 Å². The average Bonchev–Trinajstić information content (AvgIpc) is 2.28. The first kappa shape index (κ1) is 7.53. The van der Waals surface area contributed by atoms with Gasteiger partial charge in [-0.3, -0.25) is 9.59 Å². The Labute approximate surface area is 70.4 Å². The van der Waals surface area contributed by atoms with E-state index in [-0.39, 0.29) is 23.8 Å². The molecule has 3 nitrogen and oxygen atoms in total. The minimum absolute atomic E-state index is 0.211. The number of carbonyl (C=O) groups is 2. The Morgan fingerprint density at radius 1 is 1.33 bits per heavy atom. The van der Waals surface area contributed by atoms with Crippen molar-refractivity contribution in [3.8, 4) is 0 Å². The van der Waals surface area contributed by atoms with Crippen LogP contribution < -0.4 is 0 Å². The van der Waals surface area contributed by atoms with Gasteiger partial charge in [0.1, 0.15) is 0 Å². The van der Waals surface area contributed by atoms with E-state index in [1.165, 1.54) is 0 Å². The van der Waals surface area contributed by atoms with Crippen molar-refractivity contribution >= 4 is 11.9 Å². The number of hydrogen-bond acceptors (Lipinski definition) is 3. The Balaban J connectivity index is 2.29. The second-order valence-corrected chi connectivity index (χ2v) is 3.47. The Bertz CT molecular complexity index is 267. The van der Waals surface area contributed by atoms with Crippen molar-refractivity contribution in [3.05, 3.63) is 12.2 Å². The topological polar surface area (TPSA) is 43.4 Å². The lowest BCUT2D eigenvalue weighted by Gasteiger charge is -2.18. The van der Waals surface area contributed by atoms with E-state index in [1.54, 1.807) is 6.08 Å². The second-order valence-electron chi connectivity index (χ2n) is 3.47. The lowest BCUT2D eigenvalue weighted by atomic mass is 9.81. The molecule has 1 aliphatic heterocycles. The van der Waals surface area contributed by atoms with Crippen LogP contribution in [0.4, 0.5) is 0 Å². The van der Waals surface area contributed by atoms with Gasteiger partial charge in [0.15, 0.2) is 0 Å². The maximum atomic E-state index is 11.1. The van der Waals surface area contributed by atoms with Crippen LogP contribution in [-0.4, -0.2) is 11.9 Å². The van der Waals surface area contributed by atoms with Gasteiger partial charge in [0, 0.05) is 0 Å². The number of esters is 2. The highest BCUT2D eigenvalue weighted by molar-refractivity contribution is 5.97. The quantitative estimate of drug-likeness (QED) is 0.305. The van der Waals surface area contributed by atoms with Crippen molar-refractivity contribution in [2.45, 2.75) is 13.3 Å². The van der Waals surface area contributed by atoms with Crippen LogP contribution in [0.3, 0.4) is 0 Å². The molecule has 3 heteroatoms. The highest BCUT2D eigenvalue weighted by atomic mass is 16.6. The first-order chi connectivity index (χ1) is 5.68. The lowest BCUT2D eigenvalue weighted by molar-refractivity contribution is -0.153. The molecule has 0 bridgehead atoms. The number of fused-ring (bicyclic) bond motifs is 1. The summed E-state index contributed by atoms with van der Waals surface area (Å²) in [6.45, 7) is 2.03. The molecule has 64 valence electrons. The Morgan fingerprint density at radius 3 is 2.83 bits per heavy atom. The van der Waals surface area contributed by atoms with Crippen LogP contribution in [0.1, 0.15) is 13.3 Å². The van der Waals surface area contributed by atoms with Crippen molar-refractivity contribution in [2.75, 3.05) is 0 Å². The standard InChI is InChI=1S/C9H10O3/c1-5-2-3-6-7(4-5)9(11)12-8(6)10/h2-3,5-7H,4H2,1H3. The van der Waals surface area contributed by atoms with Gasteiger partial charge >= 0.3 is 11.9 Å². The van der Waals surface area contributed by atoms with Gasteiger partial charge in [-0.25, -0.2) is 0 Å². The van der Waals surface area contributed by atoms with Crippen molar-refractivity contribution in [1.29, 1.82) is 0 Å². The van der Waals surface area contributed by atoms with Crippen LogP contribution in [0, 0.1) is 17.8 Å². The summed E-state index contributed by atoms with van der Waals surface area (Å²) in [4.78, 5) is 22.1. The van der Waals surface area contributed by atoms with E-state index >= 15 is 0 Å². The lowest BCUT2D eigenvalue weighted by Crippen LogP contribution is -2.21. The molecule has 1 heterocycles. The summed E-state index contributed by atoms with van der Waals surface area (Å²) in [6.07, 6.45) is 4.51. The summed E-state index contributed by atoms with van der Waals surface area (Å²) >= 11 is 0. The SMILES string of the molecule is CC1C=CC2C(=O)OC(=O)C2C1. The van der Waals surface area contributed by atoms with Gasteiger partial charge < -0.3 is 4.74 Å². The monoisotopic (exact) mass is 166 g/mol. The molecule has 1 saturated heterocycles.